The summed E-state index contributed by atoms with van der Waals surface area (Å²) in [5.74, 6) is 1.13. The average Bonchev–Trinajstić information content (AvgIpc) is 2.86. The first kappa shape index (κ1) is 14.7. The Morgan fingerprint density at radius 3 is 2.70 bits per heavy atom. The molecule has 0 amide bonds. The maximum absolute atomic E-state index is 9.63. The van der Waals surface area contributed by atoms with Gasteiger partial charge < -0.3 is 5.11 Å². The largest absolute Gasteiger partial charge is 0.396 e. The van der Waals surface area contributed by atoms with Gasteiger partial charge in [-0.05, 0) is 38.7 Å². The fraction of sp³-hybridized carbons (Fsp3) is 0.500. The van der Waals surface area contributed by atoms with E-state index < -0.39 is 0 Å². The van der Waals surface area contributed by atoms with Gasteiger partial charge in [0.1, 0.15) is 12.2 Å². The molecule has 0 saturated carbocycles. The van der Waals surface area contributed by atoms with Crippen molar-refractivity contribution in [2.24, 2.45) is 5.92 Å². The van der Waals surface area contributed by atoms with Crippen molar-refractivity contribution in [2.75, 3.05) is 6.61 Å². The number of benzene rings is 1. The number of hydrogen-bond donors (Lipinski definition) is 1. The van der Waals surface area contributed by atoms with Gasteiger partial charge in [-0.25, -0.2) is 9.67 Å². The summed E-state index contributed by atoms with van der Waals surface area (Å²) in [7, 11) is 0. The molecule has 0 saturated heterocycles. The first-order valence-electron chi connectivity index (χ1n) is 7.15. The zero-order chi connectivity index (χ0) is 14.5. The van der Waals surface area contributed by atoms with Gasteiger partial charge in [-0.3, -0.25) is 0 Å². The normalized spacial score (nSPS) is 12.8. The highest BCUT2D eigenvalue weighted by molar-refractivity contribution is 5.22. The molecule has 2 aromatic rings. The smallest absolute Gasteiger partial charge is 0.138 e. The standard InChI is InChI=1S/C16H23N3O/c1-12(2)19-16(17-11-18-19)9-15(10-20)8-14-6-4-5-13(3)7-14/h4-7,11-12,15,20H,8-10H2,1-3H3. The Balaban J connectivity index is 2.07. The summed E-state index contributed by atoms with van der Waals surface area (Å²) in [6, 6.07) is 8.74. The van der Waals surface area contributed by atoms with Gasteiger partial charge in [0.2, 0.25) is 0 Å². The van der Waals surface area contributed by atoms with Gasteiger partial charge >= 0.3 is 0 Å². The second-order valence-electron chi connectivity index (χ2n) is 5.66. The fourth-order valence-corrected chi connectivity index (χ4v) is 2.48. The predicted molar refractivity (Wildman–Crippen MR) is 79.6 cm³/mol. The summed E-state index contributed by atoms with van der Waals surface area (Å²) in [5.41, 5.74) is 2.52. The highest BCUT2D eigenvalue weighted by atomic mass is 16.3. The molecule has 4 nitrogen and oxygen atoms in total. The van der Waals surface area contributed by atoms with E-state index in [1.807, 2.05) is 4.68 Å². The van der Waals surface area contributed by atoms with Crippen LogP contribution < -0.4 is 0 Å². The van der Waals surface area contributed by atoms with Gasteiger partial charge in [-0.15, -0.1) is 0 Å². The number of rotatable bonds is 6. The summed E-state index contributed by atoms with van der Waals surface area (Å²) in [6.07, 6.45) is 3.21. The average molecular weight is 273 g/mol. The monoisotopic (exact) mass is 273 g/mol. The number of aryl methyl sites for hydroxylation is 1. The molecular formula is C16H23N3O. The van der Waals surface area contributed by atoms with Crippen LogP contribution in [0, 0.1) is 12.8 Å². The minimum absolute atomic E-state index is 0.166. The Hall–Kier alpha value is -1.68. The summed E-state index contributed by atoms with van der Waals surface area (Å²) in [6.45, 7) is 6.44. The molecule has 1 aromatic carbocycles. The van der Waals surface area contributed by atoms with Crippen molar-refractivity contribution in [1.82, 2.24) is 14.8 Å². The van der Waals surface area contributed by atoms with Crippen LogP contribution in [0.4, 0.5) is 0 Å². The van der Waals surface area contributed by atoms with Crippen LogP contribution in [0.5, 0.6) is 0 Å². The lowest BCUT2D eigenvalue weighted by Gasteiger charge is -2.16. The number of nitrogens with zero attached hydrogens (tertiary/aromatic N) is 3. The summed E-state index contributed by atoms with van der Waals surface area (Å²) < 4.78 is 1.93. The fourth-order valence-electron chi connectivity index (χ4n) is 2.48. The molecule has 1 heterocycles. The van der Waals surface area contributed by atoms with E-state index in [1.165, 1.54) is 11.1 Å². The molecule has 4 heteroatoms. The Bertz CT molecular complexity index is 548. The van der Waals surface area contributed by atoms with E-state index in [1.54, 1.807) is 6.33 Å². The molecule has 2 rings (SSSR count). The maximum Gasteiger partial charge on any atom is 0.138 e. The van der Waals surface area contributed by atoms with Gasteiger partial charge in [0.25, 0.3) is 0 Å². The topological polar surface area (TPSA) is 50.9 Å². The van der Waals surface area contributed by atoms with Crippen LogP contribution in [0.25, 0.3) is 0 Å². The third-order valence-corrected chi connectivity index (χ3v) is 3.47. The minimum atomic E-state index is 0.166. The van der Waals surface area contributed by atoms with Crippen LogP contribution >= 0.6 is 0 Å². The lowest BCUT2D eigenvalue weighted by atomic mass is 9.95. The lowest BCUT2D eigenvalue weighted by molar-refractivity contribution is 0.221. The number of aliphatic hydroxyl groups excluding tert-OH is 1. The lowest BCUT2D eigenvalue weighted by Crippen LogP contribution is -2.17. The van der Waals surface area contributed by atoms with Gasteiger partial charge in [0, 0.05) is 19.1 Å². The van der Waals surface area contributed by atoms with Crippen molar-refractivity contribution in [3.05, 3.63) is 47.5 Å². The van der Waals surface area contributed by atoms with Crippen LogP contribution in [0.3, 0.4) is 0 Å². The van der Waals surface area contributed by atoms with Crippen molar-refractivity contribution in [1.29, 1.82) is 0 Å². The predicted octanol–water partition coefficient (Wildman–Crippen LogP) is 2.56. The Kier molecular flexibility index (Phi) is 4.90. The van der Waals surface area contributed by atoms with Crippen molar-refractivity contribution < 1.29 is 5.11 Å². The van der Waals surface area contributed by atoms with E-state index >= 15 is 0 Å². The van der Waals surface area contributed by atoms with E-state index in [4.69, 9.17) is 0 Å². The van der Waals surface area contributed by atoms with E-state index in [0.717, 1.165) is 18.7 Å². The molecule has 0 spiro atoms. The molecule has 1 N–H and O–H groups in total. The molecule has 0 bridgehead atoms. The zero-order valence-electron chi connectivity index (χ0n) is 12.5. The Morgan fingerprint density at radius 1 is 1.25 bits per heavy atom. The van der Waals surface area contributed by atoms with Gasteiger partial charge in [-0.2, -0.15) is 5.10 Å². The summed E-state index contributed by atoms with van der Waals surface area (Å²) >= 11 is 0. The van der Waals surface area contributed by atoms with Gasteiger partial charge in [-0.1, -0.05) is 29.8 Å². The molecule has 108 valence electrons. The molecule has 20 heavy (non-hydrogen) atoms. The quantitative estimate of drug-likeness (QED) is 0.880. The molecule has 0 aliphatic rings. The Labute approximate surface area is 120 Å². The number of hydrogen-bond acceptors (Lipinski definition) is 3. The summed E-state index contributed by atoms with van der Waals surface area (Å²) in [4.78, 5) is 4.33. The molecule has 0 aliphatic heterocycles. The first-order chi connectivity index (χ1) is 9.60. The van der Waals surface area contributed by atoms with Gasteiger partial charge in [0.15, 0.2) is 0 Å². The van der Waals surface area contributed by atoms with Crippen molar-refractivity contribution in [3.63, 3.8) is 0 Å². The zero-order valence-corrected chi connectivity index (χ0v) is 12.5. The highest BCUT2D eigenvalue weighted by Crippen LogP contribution is 2.16. The van der Waals surface area contributed by atoms with E-state index in [2.05, 4.69) is 55.1 Å². The molecule has 1 atom stereocenters. The van der Waals surface area contributed by atoms with Gasteiger partial charge in [0.05, 0.1) is 0 Å². The maximum atomic E-state index is 9.63. The second kappa shape index (κ2) is 6.66. The van der Waals surface area contributed by atoms with E-state index in [9.17, 15) is 5.11 Å². The number of aliphatic hydroxyl groups is 1. The van der Waals surface area contributed by atoms with Crippen molar-refractivity contribution in [3.8, 4) is 0 Å². The third kappa shape index (κ3) is 3.67. The van der Waals surface area contributed by atoms with Crippen LogP contribution in [0.15, 0.2) is 30.6 Å². The minimum Gasteiger partial charge on any atom is -0.396 e. The Morgan fingerprint density at radius 2 is 2.05 bits per heavy atom. The van der Waals surface area contributed by atoms with Crippen molar-refractivity contribution in [2.45, 2.75) is 39.7 Å². The molecule has 0 fully saturated rings. The first-order valence-corrected chi connectivity index (χ1v) is 7.15. The van der Waals surface area contributed by atoms with E-state index in [0.29, 0.717) is 6.04 Å². The molecule has 0 radical (unpaired) electrons. The van der Waals surface area contributed by atoms with Crippen molar-refractivity contribution >= 4 is 0 Å². The van der Waals surface area contributed by atoms with Crippen LogP contribution in [0.2, 0.25) is 0 Å². The van der Waals surface area contributed by atoms with Crippen LogP contribution in [-0.2, 0) is 12.8 Å². The SMILES string of the molecule is Cc1cccc(CC(CO)Cc2ncnn2C(C)C)c1. The molecular weight excluding hydrogens is 250 g/mol. The molecule has 1 unspecified atom stereocenters. The van der Waals surface area contributed by atoms with Crippen LogP contribution in [0.1, 0.15) is 36.8 Å². The van der Waals surface area contributed by atoms with Crippen LogP contribution in [-0.4, -0.2) is 26.5 Å². The summed E-state index contributed by atoms with van der Waals surface area (Å²) in [5, 5.41) is 13.9. The molecule has 0 aliphatic carbocycles. The second-order valence-corrected chi connectivity index (χ2v) is 5.66. The van der Waals surface area contributed by atoms with E-state index in [-0.39, 0.29) is 12.5 Å². The number of aromatic nitrogens is 3. The third-order valence-electron chi connectivity index (χ3n) is 3.47. The molecule has 1 aromatic heterocycles. The highest BCUT2D eigenvalue weighted by Gasteiger charge is 2.15.